The summed E-state index contributed by atoms with van der Waals surface area (Å²) < 4.78 is 2.19. The molecule has 2 aliphatic rings. The van der Waals surface area contributed by atoms with Gasteiger partial charge in [0.25, 0.3) is 0 Å². The van der Waals surface area contributed by atoms with Crippen LogP contribution >= 0.6 is 0 Å². The summed E-state index contributed by atoms with van der Waals surface area (Å²) >= 11 is 0. The van der Waals surface area contributed by atoms with E-state index in [-0.39, 0.29) is 13.3 Å². The Morgan fingerprint density at radius 2 is 1.77 bits per heavy atom. The number of pyridine rings is 1. The number of nitrogens with zero attached hydrogens (tertiary/aromatic N) is 5. The van der Waals surface area contributed by atoms with Gasteiger partial charge in [0.2, 0.25) is 0 Å². The number of imidazole rings is 1. The van der Waals surface area contributed by atoms with E-state index in [1.54, 1.807) is 0 Å². The van der Waals surface area contributed by atoms with E-state index < -0.39 is 0 Å². The minimum absolute atomic E-state index is 0. The molecule has 3 aromatic rings. The zero-order valence-electron chi connectivity index (χ0n) is 17.4. The van der Waals surface area contributed by atoms with E-state index in [0.29, 0.717) is 5.92 Å². The predicted molar refractivity (Wildman–Crippen MR) is 124 cm³/mol. The number of piperidine rings is 2. The number of aromatic nitrogens is 2. The first-order chi connectivity index (χ1) is 14.7. The van der Waals surface area contributed by atoms with Gasteiger partial charge in [0, 0.05) is 19.0 Å². The summed E-state index contributed by atoms with van der Waals surface area (Å²) in [6, 6.07) is 13.1. The van der Waals surface area contributed by atoms with Crippen LogP contribution in [0.2, 0.25) is 0 Å². The summed E-state index contributed by atoms with van der Waals surface area (Å²) in [6.07, 6.45) is 3.85. The molecule has 1 aromatic carbocycles. The van der Waals surface area contributed by atoms with Crippen molar-refractivity contribution in [1.82, 2.24) is 14.7 Å². The molecule has 6 heteroatoms. The lowest BCUT2D eigenvalue weighted by Crippen LogP contribution is -2.35. The van der Waals surface area contributed by atoms with E-state index in [1.807, 2.05) is 18.2 Å². The molecule has 0 amide bonds. The molecule has 2 aliphatic heterocycles. The highest BCUT2D eigenvalue weighted by molar-refractivity contribution is 5.86. The first-order valence-electron chi connectivity index (χ1n) is 10.9. The Kier molecular flexibility index (Phi) is 5.85. The lowest BCUT2D eigenvalue weighted by molar-refractivity contribution is 0.457. The van der Waals surface area contributed by atoms with Gasteiger partial charge in [-0.1, -0.05) is 19.6 Å². The summed E-state index contributed by atoms with van der Waals surface area (Å²) in [5.41, 5.74) is 5.84. The van der Waals surface area contributed by atoms with Gasteiger partial charge in [-0.05, 0) is 74.9 Å². The molecule has 0 unspecified atom stereocenters. The number of fused-ring (bicyclic) bond motifs is 3. The van der Waals surface area contributed by atoms with E-state index in [9.17, 15) is 10.5 Å². The Morgan fingerprint density at radius 1 is 1.06 bits per heavy atom. The Hall–Kier alpha value is -3.09. The van der Waals surface area contributed by atoms with Gasteiger partial charge in [0.1, 0.15) is 11.9 Å². The van der Waals surface area contributed by atoms with Crippen molar-refractivity contribution >= 4 is 22.5 Å². The van der Waals surface area contributed by atoms with Crippen LogP contribution in [0.5, 0.6) is 0 Å². The van der Waals surface area contributed by atoms with Gasteiger partial charge in [-0.3, -0.25) is 4.40 Å². The minimum Gasteiger partial charge on any atom is -0.357 e. The number of benzene rings is 1. The zero-order valence-corrected chi connectivity index (χ0v) is 17.4. The second-order valence-electron chi connectivity index (χ2n) is 8.52. The Morgan fingerprint density at radius 3 is 2.45 bits per heavy atom. The van der Waals surface area contributed by atoms with Crippen molar-refractivity contribution in [3.8, 4) is 12.1 Å². The van der Waals surface area contributed by atoms with Gasteiger partial charge in [-0.25, -0.2) is 4.98 Å². The van der Waals surface area contributed by atoms with Crippen LogP contribution in [0.3, 0.4) is 0 Å². The number of hydrogen-bond acceptors (Lipinski definition) is 5. The zero-order chi connectivity index (χ0) is 20.7. The summed E-state index contributed by atoms with van der Waals surface area (Å²) in [7, 11) is 0. The third-order valence-corrected chi connectivity index (χ3v) is 6.84. The monoisotopic (exact) mass is 414 g/mol. The van der Waals surface area contributed by atoms with Crippen molar-refractivity contribution in [2.24, 2.45) is 5.92 Å². The van der Waals surface area contributed by atoms with Crippen molar-refractivity contribution in [2.75, 3.05) is 31.1 Å². The van der Waals surface area contributed by atoms with Crippen molar-refractivity contribution < 1.29 is 0 Å². The van der Waals surface area contributed by atoms with Crippen LogP contribution in [0.4, 0.5) is 5.82 Å². The number of rotatable bonds is 2. The van der Waals surface area contributed by atoms with Crippen LogP contribution in [-0.4, -0.2) is 35.6 Å². The first kappa shape index (κ1) is 21.2. The van der Waals surface area contributed by atoms with E-state index in [4.69, 9.17) is 4.98 Å². The van der Waals surface area contributed by atoms with Crippen LogP contribution in [-0.2, 0) is 0 Å². The van der Waals surface area contributed by atoms with E-state index in [2.05, 4.69) is 39.7 Å². The van der Waals surface area contributed by atoms with Crippen molar-refractivity contribution in [3.05, 3.63) is 41.0 Å². The topological polar surface area (TPSA) is 80.2 Å². The largest absolute Gasteiger partial charge is 0.357 e. The summed E-state index contributed by atoms with van der Waals surface area (Å²) in [6.45, 7) is 5.87. The molecule has 0 aliphatic carbocycles. The smallest absolute Gasteiger partial charge is 0.157 e. The maximum absolute atomic E-state index is 10.2. The number of nitrogens with one attached hydrogen (secondary N) is 1. The number of nitriles is 2. The Balaban J connectivity index is 0.00000231. The number of hydrogen-bond donors (Lipinski definition) is 1. The molecule has 31 heavy (non-hydrogen) atoms. The summed E-state index contributed by atoms with van der Waals surface area (Å²) in [4.78, 5) is 7.33. The molecule has 0 spiro atoms. The van der Waals surface area contributed by atoms with Gasteiger partial charge >= 0.3 is 0 Å². The summed E-state index contributed by atoms with van der Waals surface area (Å²) in [5.74, 6) is 1.67. The first-order valence-corrected chi connectivity index (χ1v) is 10.9. The van der Waals surface area contributed by atoms with Crippen LogP contribution in [0.1, 0.15) is 55.7 Å². The predicted octanol–water partition coefficient (Wildman–Crippen LogP) is 4.51. The van der Waals surface area contributed by atoms with Crippen LogP contribution in [0.25, 0.3) is 16.7 Å². The van der Waals surface area contributed by atoms with Gasteiger partial charge < -0.3 is 10.2 Å². The van der Waals surface area contributed by atoms with E-state index in [1.165, 1.54) is 11.1 Å². The van der Waals surface area contributed by atoms with Crippen LogP contribution in [0.15, 0.2) is 24.3 Å². The molecule has 160 valence electrons. The van der Waals surface area contributed by atoms with Gasteiger partial charge in [0.05, 0.1) is 22.7 Å². The number of para-hydroxylation sites is 2. The molecule has 6 nitrogen and oxygen atoms in total. The SMILES string of the molecule is C.Cc1c(C2CCNCC2)c(C#N)c2nc3ccccc3n2c1N1CCC(C#N)CC1. The second-order valence-corrected chi connectivity index (χ2v) is 8.52. The molecule has 1 N–H and O–H groups in total. The highest BCUT2D eigenvalue weighted by atomic mass is 15.2. The fourth-order valence-electron chi connectivity index (χ4n) is 5.33. The van der Waals surface area contributed by atoms with Crippen molar-refractivity contribution in [2.45, 2.75) is 46.0 Å². The maximum Gasteiger partial charge on any atom is 0.157 e. The average molecular weight is 415 g/mol. The Bertz CT molecular complexity index is 1180. The standard InChI is InChI=1S/C24H26N6.CH4/c1-16-22(18-6-10-27-11-7-18)19(15-26)23-28-20-4-2-3-5-21(20)30(23)24(16)29-12-8-17(14-25)9-13-29;/h2-5,17-18,27H,6-13H2,1H3;1H4. The lowest BCUT2D eigenvalue weighted by atomic mass is 9.84. The highest BCUT2D eigenvalue weighted by Crippen LogP contribution is 2.40. The molecular formula is C25H30N6. The molecule has 2 saturated heterocycles. The molecule has 0 atom stereocenters. The third-order valence-electron chi connectivity index (χ3n) is 6.84. The molecule has 2 fully saturated rings. The summed E-state index contributed by atoms with van der Waals surface area (Å²) in [5, 5.41) is 23.0. The quantitative estimate of drug-likeness (QED) is 0.667. The number of anilines is 1. The molecular weight excluding hydrogens is 384 g/mol. The molecule has 5 rings (SSSR count). The molecule has 0 saturated carbocycles. The van der Waals surface area contributed by atoms with E-state index in [0.717, 1.165) is 79.9 Å². The van der Waals surface area contributed by atoms with Crippen LogP contribution < -0.4 is 10.2 Å². The van der Waals surface area contributed by atoms with Crippen molar-refractivity contribution in [3.63, 3.8) is 0 Å². The second kappa shape index (κ2) is 8.57. The molecule has 0 bridgehead atoms. The fourth-order valence-corrected chi connectivity index (χ4v) is 5.33. The van der Waals surface area contributed by atoms with Crippen LogP contribution in [0, 0.1) is 35.5 Å². The third kappa shape index (κ3) is 3.42. The maximum atomic E-state index is 10.2. The van der Waals surface area contributed by atoms with E-state index >= 15 is 0 Å². The normalized spacial score (nSPS) is 18.0. The highest BCUT2D eigenvalue weighted by Gasteiger charge is 2.30. The van der Waals surface area contributed by atoms with Crippen molar-refractivity contribution in [1.29, 1.82) is 10.5 Å². The molecule has 0 radical (unpaired) electrons. The Labute approximate surface area is 184 Å². The van der Waals surface area contributed by atoms with Gasteiger partial charge in [-0.15, -0.1) is 0 Å². The molecule has 4 heterocycles. The fraction of sp³-hybridized carbons (Fsp3) is 0.480. The lowest BCUT2D eigenvalue weighted by Gasteiger charge is -2.35. The van der Waals surface area contributed by atoms with Gasteiger partial charge in [0.15, 0.2) is 5.65 Å². The average Bonchev–Trinajstić information content (AvgIpc) is 3.18. The molecule has 2 aromatic heterocycles. The van der Waals surface area contributed by atoms with Gasteiger partial charge in [-0.2, -0.15) is 10.5 Å². The minimum atomic E-state index is 0.